The van der Waals surface area contributed by atoms with Crippen LogP contribution in [0.1, 0.15) is 33.4 Å². The van der Waals surface area contributed by atoms with Gasteiger partial charge in [0.05, 0.1) is 6.04 Å². The molecule has 2 heterocycles. The minimum atomic E-state index is -0.632. The maximum atomic E-state index is 14.6. The number of rotatable bonds is 5. The van der Waals surface area contributed by atoms with Crippen LogP contribution in [-0.2, 0) is 0 Å². The lowest BCUT2D eigenvalue weighted by Crippen LogP contribution is -2.35. The molecule has 0 fully saturated rings. The van der Waals surface area contributed by atoms with E-state index in [0.717, 1.165) is 11.1 Å². The molecule has 3 aromatic rings. The largest absolute Gasteiger partial charge is 0.349 e. The van der Waals surface area contributed by atoms with Crippen molar-refractivity contribution in [1.29, 1.82) is 0 Å². The van der Waals surface area contributed by atoms with Crippen molar-refractivity contribution in [3.63, 3.8) is 0 Å². The summed E-state index contributed by atoms with van der Waals surface area (Å²) in [5, 5.41) is 2.83. The summed E-state index contributed by atoms with van der Waals surface area (Å²) < 4.78 is 16.0. The SMILES string of the molecule is Cc1ccccc1[C@@H](CNC(=O)c1nc2cccc(C)n2c1F)N(C)C. The molecule has 0 aliphatic carbocycles. The number of imidazole rings is 1. The van der Waals surface area contributed by atoms with Crippen molar-refractivity contribution in [2.24, 2.45) is 0 Å². The summed E-state index contributed by atoms with van der Waals surface area (Å²) in [6.07, 6.45) is 0. The van der Waals surface area contributed by atoms with Gasteiger partial charge in [-0.25, -0.2) is 4.98 Å². The Balaban J connectivity index is 1.83. The summed E-state index contributed by atoms with van der Waals surface area (Å²) in [5.41, 5.74) is 3.22. The number of hydrogen-bond acceptors (Lipinski definition) is 3. The molecule has 1 N–H and O–H groups in total. The third kappa shape index (κ3) is 3.32. The van der Waals surface area contributed by atoms with Gasteiger partial charge in [0.15, 0.2) is 5.69 Å². The van der Waals surface area contributed by atoms with Crippen LogP contribution in [0.15, 0.2) is 42.5 Å². The van der Waals surface area contributed by atoms with Crippen molar-refractivity contribution in [3.8, 4) is 0 Å². The van der Waals surface area contributed by atoms with E-state index in [1.807, 2.05) is 50.2 Å². The van der Waals surface area contributed by atoms with Crippen molar-refractivity contribution in [2.75, 3.05) is 20.6 Å². The van der Waals surface area contributed by atoms with Crippen molar-refractivity contribution in [1.82, 2.24) is 19.6 Å². The second kappa shape index (κ2) is 7.25. The van der Waals surface area contributed by atoms with Gasteiger partial charge in [-0.2, -0.15) is 4.39 Å². The van der Waals surface area contributed by atoms with E-state index in [2.05, 4.69) is 10.3 Å². The second-order valence-electron chi connectivity index (χ2n) is 6.66. The number of carbonyl (C=O) groups is 1. The number of fused-ring (bicyclic) bond motifs is 1. The summed E-state index contributed by atoms with van der Waals surface area (Å²) in [6.45, 7) is 4.18. The zero-order valence-corrected chi connectivity index (χ0v) is 15.5. The van der Waals surface area contributed by atoms with Crippen LogP contribution in [-0.4, -0.2) is 40.8 Å². The molecule has 0 saturated heterocycles. The molecule has 6 heteroatoms. The molecule has 0 spiro atoms. The van der Waals surface area contributed by atoms with Crippen LogP contribution in [0.4, 0.5) is 4.39 Å². The van der Waals surface area contributed by atoms with E-state index in [1.54, 1.807) is 25.1 Å². The maximum Gasteiger partial charge on any atom is 0.274 e. The Morgan fingerprint density at radius 2 is 1.92 bits per heavy atom. The fraction of sp³-hybridized carbons (Fsp3) is 0.300. The Labute approximate surface area is 152 Å². The Hall–Kier alpha value is -2.73. The Kier molecular flexibility index (Phi) is 5.04. The predicted octanol–water partition coefficient (Wildman–Crippen LogP) is 3.12. The van der Waals surface area contributed by atoms with Gasteiger partial charge in [0.25, 0.3) is 5.91 Å². The molecular weight excluding hydrogens is 331 g/mol. The molecular formula is C20H23FN4O. The van der Waals surface area contributed by atoms with Crippen LogP contribution in [0.5, 0.6) is 0 Å². The number of aromatic nitrogens is 2. The first-order valence-electron chi connectivity index (χ1n) is 8.54. The van der Waals surface area contributed by atoms with Gasteiger partial charge >= 0.3 is 0 Å². The molecule has 0 saturated carbocycles. The van der Waals surface area contributed by atoms with E-state index >= 15 is 0 Å². The smallest absolute Gasteiger partial charge is 0.274 e. The molecule has 1 atom stereocenters. The molecule has 0 aliphatic rings. The number of pyridine rings is 1. The first-order chi connectivity index (χ1) is 12.4. The number of nitrogens with one attached hydrogen (secondary N) is 1. The number of hydrogen-bond donors (Lipinski definition) is 1. The minimum Gasteiger partial charge on any atom is -0.349 e. The second-order valence-corrected chi connectivity index (χ2v) is 6.66. The molecule has 26 heavy (non-hydrogen) atoms. The molecule has 0 bridgehead atoms. The Morgan fingerprint density at radius 1 is 1.19 bits per heavy atom. The summed E-state index contributed by atoms with van der Waals surface area (Å²) in [4.78, 5) is 18.7. The van der Waals surface area contributed by atoms with Crippen LogP contribution < -0.4 is 5.32 Å². The zero-order chi connectivity index (χ0) is 18.8. The molecule has 0 unspecified atom stereocenters. The lowest BCUT2D eigenvalue weighted by Gasteiger charge is -2.26. The first-order valence-corrected chi connectivity index (χ1v) is 8.54. The molecule has 0 radical (unpaired) electrons. The number of halogens is 1. The van der Waals surface area contributed by atoms with Crippen LogP contribution in [0.3, 0.4) is 0 Å². The van der Waals surface area contributed by atoms with Crippen LogP contribution in [0.2, 0.25) is 0 Å². The average Bonchev–Trinajstić information content (AvgIpc) is 2.94. The zero-order valence-electron chi connectivity index (χ0n) is 15.5. The monoisotopic (exact) mass is 354 g/mol. The molecule has 3 rings (SSSR count). The first kappa shape index (κ1) is 18.1. The highest BCUT2D eigenvalue weighted by atomic mass is 19.1. The topological polar surface area (TPSA) is 49.6 Å². The Bertz CT molecular complexity index is 948. The fourth-order valence-electron chi connectivity index (χ4n) is 3.16. The van der Waals surface area contributed by atoms with Crippen LogP contribution >= 0.6 is 0 Å². The highest BCUT2D eigenvalue weighted by molar-refractivity contribution is 5.93. The van der Waals surface area contributed by atoms with Crippen molar-refractivity contribution >= 4 is 11.6 Å². The van der Waals surface area contributed by atoms with Crippen molar-refractivity contribution < 1.29 is 9.18 Å². The average molecular weight is 354 g/mol. The number of aryl methyl sites for hydroxylation is 2. The number of benzene rings is 1. The third-order valence-electron chi connectivity index (χ3n) is 4.62. The van der Waals surface area contributed by atoms with Crippen molar-refractivity contribution in [3.05, 3.63) is 70.9 Å². The summed E-state index contributed by atoms with van der Waals surface area (Å²) >= 11 is 0. The van der Waals surface area contributed by atoms with E-state index in [4.69, 9.17) is 0 Å². The van der Waals surface area contributed by atoms with Gasteiger partial charge in [0.2, 0.25) is 5.95 Å². The van der Waals surface area contributed by atoms with Gasteiger partial charge in [0, 0.05) is 12.2 Å². The predicted molar refractivity (Wildman–Crippen MR) is 99.8 cm³/mol. The summed E-state index contributed by atoms with van der Waals surface area (Å²) in [7, 11) is 3.91. The quantitative estimate of drug-likeness (QED) is 0.766. The molecule has 1 amide bonds. The molecule has 0 aliphatic heterocycles. The molecule has 5 nitrogen and oxygen atoms in total. The van der Waals surface area contributed by atoms with Gasteiger partial charge in [-0.3, -0.25) is 9.20 Å². The lowest BCUT2D eigenvalue weighted by atomic mass is 10.0. The van der Waals surface area contributed by atoms with Gasteiger partial charge in [0.1, 0.15) is 5.65 Å². The van der Waals surface area contributed by atoms with Gasteiger partial charge in [-0.1, -0.05) is 30.3 Å². The standard InChI is InChI=1S/C20H23FN4O/c1-13-8-5-6-10-15(13)16(24(3)4)12-22-20(26)18-19(21)25-14(2)9-7-11-17(25)23-18/h5-11,16H,12H2,1-4H3,(H,22,26)/t16-/m1/s1. The van der Waals surface area contributed by atoms with Gasteiger partial charge < -0.3 is 10.2 Å². The fourth-order valence-corrected chi connectivity index (χ4v) is 3.16. The van der Waals surface area contributed by atoms with E-state index in [9.17, 15) is 9.18 Å². The van der Waals surface area contributed by atoms with Crippen molar-refractivity contribution in [2.45, 2.75) is 19.9 Å². The van der Waals surface area contributed by atoms with E-state index in [0.29, 0.717) is 17.9 Å². The summed E-state index contributed by atoms with van der Waals surface area (Å²) in [5.74, 6) is -1.14. The number of likely N-dealkylation sites (N-methyl/N-ethyl adjacent to an activating group) is 1. The molecule has 2 aromatic heterocycles. The highest BCUT2D eigenvalue weighted by Crippen LogP contribution is 2.21. The van der Waals surface area contributed by atoms with Crippen LogP contribution in [0, 0.1) is 19.8 Å². The molecule has 136 valence electrons. The summed E-state index contributed by atoms with van der Waals surface area (Å²) in [6, 6.07) is 13.3. The van der Waals surface area contributed by atoms with Gasteiger partial charge in [-0.15, -0.1) is 0 Å². The normalized spacial score (nSPS) is 12.5. The van der Waals surface area contributed by atoms with E-state index in [1.165, 1.54) is 4.40 Å². The van der Waals surface area contributed by atoms with Crippen LogP contribution in [0.25, 0.3) is 5.65 Å². The third-order valence-corrected chi connectivity index (χ3v) is 4.62. The minimum absolute atomic E-state index is 0.0121. The highest BCUT2D eigenvalue weighted by Gasteiger charge is 2.22. The van der Waals surface area contributed by atoms with E-state index < -0.39 is 11.9 Å². The number of nitrogens with zero attached hydrogens (tertiary/aromatic N) is 3. The maximum absolute atomic E-state index is 14.6. The lowest BCUT2D eigenvalue weighted by molar-refractivity contribution is 0.0932. The Morgan fingerprint density at radius 3 is 2.58 bits per heavy atom. The van der Waals surface area contributed by atoms with E-state index in [-0.39, 0.29) is 11.7 Å². The number of amides is 1. The van der Waals surface area contributed by atoms with Gasteiger partial charge in [-0.05, 0) is 51.2 Å². The molecule has 1 aromatic carbocycles. The number of carbonyl (C=O) groups excluding carboxylic acids is 1.